The third kappa shape index (κ3) is 2.79. The average Bonchev–Trinajstić information content (AvgIpc) is 2.89. The summed E-state index contributed by atoms with van der Waals surface area (Å²) in [5.41, 5.74) is 1.78. The molecule has 2 atom stereocenters. The number of nitrogens with zero attached hydrogens (tertiary/aromatic N) is 1. The van der Waals surface area contributed by atoms with Crippen LogP contribution in [0.4, 0.5) is 0 Å². The Labute approximate surface area is 124 Å². The molecular formula is C16H19NO2S. The maximum absolute atomic E-state index is 9.00. The van der Waals surface area contributed by atoms with E-state index in [0.29, 0.717) is 5.56 Å². The van der Waals surface area contributed by atoms with Crippen molar-refractivity contribution in [3.63, 3.8) is 0 Å². The first kappa shape index (κ1) is 13.8. The molecule has 2 unspecified atom stereocenters. The molecule has 4 heteroatoms. The molecule has 2 fully saturated rings. The molecule has 2 saturated heterocycles. The fourth-order valence-corrected chi connectivity index (χ4v) is 4.30. The summed E-state index contributed by atoms with van der Waals surface area (Å²) in [5.74, 6) is 3.12. The van der Waals surface area contributed by atoms with Gasteiger partial charge in [0.1, 0.15) is 11.9 Å². The highest BCUT2D eigenvalue weighted by Gasteiger charge is 2.41. The topological polar surface area (TPSA) is 42.2 Å². The minimum atomic E-state index is 0.0360. The number of rotatable bonds is 2. The Morgan fingerprint density at radius 1 is 1.50 bits per heavy atom. The molecule has 0 radical (unpaired) electrons. The van der Waals surface area contributed by atoms with E-state index < -0.39 is 0 Å². The summed E-state index contributed by atoms with van der Waals surface area (Å²) >= 11 is 1.97. The minimum Gasteiger partial charge on any atom is -0.490 e. The van der Waals surface area contributed by atoms with Gasteiger partial charge in [0.25, 0.3) is 0 Å². The van der Waals surface area contributed by atoms with Gasteiger partial charge in [0, 0.05) is 18.6 Å². The van der Waals surface area contributed by atoms with E-state index in [2.05, 4.69) is 6.07 Å². The molecule has 2 aliphatic rings. The van der Waals surface area contributed by atoms with Crippen molar-refractivity contribution in [3.05, 3.63) is 29.3 Å². The van der Waals surface area contributed by atoms with Crippen molar-refractivity contribution in [1.82, 2.24) is 0 Å². The molecule has 20 heavy (non-hydrogen) atoms. The van der Waals surface area contributed by atoms with Crippen LogP contribution in [0.15, 0.2) is 18.2 Å². The van der Waals surface area contributed by atoms with Crippen molar-refractivity contribution < 1.29 is 9.47 Å². The van der Waals surface area contributed by atoms with Crippen LogP contribution in [0, 0.1) is 18.3 Å². The number of hydrogen-bond donors (Lipinski definition) is 0. The fraction of sp³-hybridized carbons (Fsp3) is 0.562. The van der Waals surface area contributed by atoms with E-state index in [4.69, 9.17) is 14.7 Å². The molecular weight excluding hydrogens is 270 g/mol. The van der Waals surface area contributed by atoms with E-state index in [1.165, 1.54) is 5.75 Å². The first-order chi connectivity index (χ1) is 9.71. The van der Waals surface area contributed by atoms with E-state index in [1.54, 1.807) is 0 Å². The molecule has 0 bridgehead atoms. The van der Waals surface area contributed by atoms with Gasteiger partial charge in [0.2, 0.25) is 0 Å². The lowest BCUT2D eigenvalue weighted by Crippen LogP contribution is -2.43. The monoisotopic (exact) mass is 289 g/mol. The van der Waals surface area contributed by atoms with Crippen molar-refractivity contribution in [2.75, 3.05) is 18.1 Å². The molecule has 2 heterocycles. The zero-order chi connectivity index (χ0) is 14.0. The molecule has 0 saturated carbocycles. The summed E-state index contributed by atoms with van der Waals surface area (Å²) in [6.45, 7) is 2.80. The highest BCUT2D eigenvalue weighted by molar-refractivity contribution is 7.99. The zero-order valence-electron chi connectivity index (χ0n) is 11.7. The van der Waals surface area contributed by atoms with Crippen LogP contribution >= 0.6 is 11.8 Å². The summed E-state index contributed by atoms with van der Waals surface area (Å²) in [6.07, 6.45) is 3.24. The average molecular weight is 289 g/mol. The maximum atomic E-state index is 9.00. The predicted octanol–water partition coefficient (Wildman–Crippen LogP) is 3.30. The normalized spacial score (nSPS) is 29.3. The van der Waals surface area contributed by atoms with Gasteiger partial charge in [-0.3, -0.25) is 0 Å². The number of aryl methyl sites for hydroxylation is 1. The third-order valence-corrected chi connectivity index (χ3v) is 5.35. The molecule has 3 rings (SSSR count). The summed E-state index contributed by atoms with van der Waals surface area (Å²) in [4.78, 5) is 0. The number of benzene rings is 1. The Kier molecular flexibility index (Phi) is 3.91. The smallest absolute Gasteiger partial charge is 0.123 e. The maximum Gasteiger partial charge on any atom is 0.123 e. The lowest BCUT2D eigenvalue weighted by molar-refractivity contribution is -0.0959. The lowest BCUT2D eigenvalue weighted by atomic mass is 9.91. The van der Waals surface area contributed by atoms with Gasteiger partial charge in [-0.1, -0.05) is 6.07 Å². The van der Waals surface area contributed by atoms with Crippen LogP contribution in [0.25, 0.3) is 0 Å². The lowest BCUT2D eigenvalue weighted by Gasteiger charge is -2.37. The molecule has 2 aliphatic heterocycles. The molecule has 0 aliphatic carbocycles. The second-order valence-electron chi connectivity index (χ2n) is 5.66. The van der Waals surface area contributed by atoms with Crippen LogP contribution < -0.4 is 4.74 Å². The summed E-state index contributed by atoms with van der Waals surface area (Å²) < 4.78 is 12.2. The minimum absolute atomic E-state index is 0.0360. The quantitative estimate of drug-likeness (QED) is 0.838. The van der Waals surface area contributed by atoms with Crippen LogP contribution in [-0.4, -0.2) is 29.8 Å². The Morgan fingerprint density at radius 2 is 2.40 bits per heavy atom. The largest absolute Gasteiger partial charge is 0.490 e. The first-order valence-corrected chi connectivity index (χ1v) is 8.25. The standard InChI is InChI=1S/C16H19NO2S/c1-12-2-3-13(10-17)8-15(12)19-14-4-6-18-16(9-14)5-7-20-11-16/h2-3,8,14H,4-7,9,11H2,1H3. The summed E-state index contributed by atoms with van der Waals surface area (Å²) in [5, 5.41) is 9.00. The molecule has 1 aromatic rings. The third-order valence-electron chi connectivity index (χ3n) is 4.13. The Morgan fingerprint density at radius 3 is 3.15 bits per heavy atom. The van der Waals surface area contributed by atoms with Crippen molar-refractivity contribution in [2.24, 2.45) is 0 Å². The number of hydrogen-bond acceptors (Lipinski definition) is 4. The number of thioether (sulfide) groups is 1. The van der Waals surface area contributed by atoms with Crippen molar-refractivity contribution in [2.45, 2.75) is 37.9 Å². The van der Waals surface area contributed by atoms with E-state index in [9.17, 15) is 0 Å². The van der Waals surface area contributed by atoms with Gasteiger partial charge in [-0.15, -0.1) is 0 Å². The Bertz CT molecular complexity index is 532. The zero-order valence-corrected chi connectivity index (χ0v) is 12.5. The Balaban J connectivity index is 1.73. The molecule has 1 spiro atoms. The van der Waals surface area contributed by atoms with Crippen molar-refractivity contribution >= 4 is 11.8 Å². The second-order valence-corrected chi connectivity index (χ2v) is 6.76. The first-order valence-electron chi connectivity index (χ1n) is 7.10. The van der Waals surface area contributed by atoms with Crippen LogP contribution in [0.5, 0.6) is 5.75 Å². The fourth-order valence-electron chi connectivity index (χ4n) is 2.92. The van der Waals surface area contributed by atoms with Gasteiger partial charge in [0.05, 0.1) is 23.8 Å². The van der Waals surface area contributed by atoms with Gasteiger partial charge in [-0.2, -0.15) is 17.0 Å². The number of nitriles is 1. The van der Waals surface area contributed by atoms with Gasteiger partial charge < -0.3 is 9.47 Å². The van der Waals surface area contributed by atoms with Gasteiger partial charge in [-0.25, -0.2) is 0 Å². The van der Waals surface area contributed by atoms with E-state index in [1.807, 2.05) is 36.9 Å². The van der Waals surface area contributed by atoms with E-state index >= 15 is 0 Å². The van der Waals surface area contributed by atoms with Crippen LogP contribution in [-0.2, 0) is 4.74 Å². The Hall–Kier alpha value is -1.18. The van der Waals surface area contributed by atoms with Gasteiger partial charge in [0.15, 0.2) is 0 Å². The van der Waals surface area contributed by atoms with E-state index in [0.717, 1.165) is 42.9 Å². The highest BCUT2D eigenvalue weighted by atomic mass is 32.2. The van der Waals surface area contributed by atoms with Crippen molar-refractivity contribution in [1.29, 1.82) is 5.26 Å². The van der Waals surface area contributed by atoms with Gasteiger partial charge >= 0.3 is 0 Å². The number of ether oxygens (including phenoxy) is 2. The molecule has 0 N–H and O–H groups in total. The van der Waals surface area contributed by atoms with E-state index in [-0.39, 0.29) is 11.7 Å². The summed E-state index contributed by atoms with van der Waals surface area (Å²) in [7, 11) is 0. The summed E-state index contributed by atoms with van der Waals surface area (Å²) in [6, 6.07) is 7.81. The van der Waals surface area contributed by atoms with Crippen LogP contribution in [0.3, 0.4) is 0 Å². The molecule has 0 aromatic heterocycles. The molecule has 0 amide bonds. The van der Waals surface area contributed by atoms with Crippen molar-refractivity contribution in [3.8, 4) is 11.8 Å². The highest BCUT2D eigenvalue weighted by Crippen LogP contribution is 2.39. The molecule has 1 aromatic carbocycles. The van der Waals surface area contributed by atoms with Gasteiger partial charge in [-0.05, 0) is 36.8 Å². The second kappa shape index (κ2) is 5.67. The van der Waals surface area contributed by atoms with Crippen LogP contribution in [0.2, 0.25) is 0 Å². The molecule has 3 nitrogen and oxygen atoms in total. The SMILES string of the molecule is Cc1ccc(C#N)cc1OC1CCOC2(CCSC2)C1. The molecule has 106 valence electrons. The van der Waals surface area contributed by atoms with Crippen LogP contribution in [0.1, 0.15) is 30.4 Å². The predicted molar refractivity (Wildman–Crippen MR) is 80.2 cm³/mol.